The van der Waals surface area contributed by atoms with Crippen LogP contribution >= 0.6 is 34.8 Å². The molecule has 31 heavy (non-hydrogen) atoms. The zero-order chi connectivity index (χ0) is 23.0. The highest BCUT2D eigenvalue weighted by atomic mass is 35.5. The van der Waals surface area contributed by atoms with E-state index in [-0.39, 0.29) is 26.9 Å². The molecular weight excluding hydrogens is 476 g/mol. The van der Waals surface area contributed by atoms with Crippen molar-refractivity contribution in [2.75, 3.05) is 11.9 Å². The van der Waals surface area contributed by atoms with Crippen molar-refractivity contribution in [1.82, 2.24) is 5.32 Å². The number of benzene rings is 2. The van der Waals surface area contributed by atoms with Crippen LogP contribution < -0.4 is 10.6 Å². The van der Waals surface area contributed by atoms with Gasteiger partial charge in [-0.3, -0.25) is 4.79 Å². The van der Waals surface area contributed by atoms with Gasteiger partial charge in [0.15, 0.2) is 0 Å². The van der Waals surface area contributed by atoms with E-state index in [4.69, 9.17) is 34.8 Å². The van der Waals surface area contributed by atoms with E-state index in [0.717, 1.165) is 36.1 Å². The fourth-order valence-electron chi connectivity index (χ4n) is 3.07. The van der Waals surface area contributed by atoms with Gasteiger partial charge in [0.25, 0.3) is 0 Å². The van der Waals surface area contributed by atoms with Gasteiger partial charge in [0, 0.05) is 18.2 Å². The van der Waals surface area contributed by atoms with Gasteiger partial charge >= 0.3 is 6.18 Å². The van der Waals surface area contributed by atoms with Crippen LogP contribution in [0.15, 0.2) is 30.3 Å². The number of halogens is 6. The third-order valence-electron chi connectivity index (χ3n) is 5.22. The summed E-state index contributed by atoms with van der Waals surface area (Å²) in [4.78, 5) is 11.8. The van der Waals surface area contributed by atoms with E-state index in [1.165, 1.54) is 0 Å². The van der Waals surface area contributed by atoms with Crippen LogP contribution in [0.2, 0.25) is 15.1 Å². The van der Waals surface area contributed by atoms with E-state index in [9.17, 15) is 23.1 Å². The Kier molecular flexibility index (Phi) is 7.01. The molecular formula is C21H20Cl3F3N2O2. The third-order valence-corrected chi connectivity index (χ3v) is 6.42. The Balaban J connectivity index is 1.76. The number of rotatable bonds is 7. The monoisotopic (exact) mass is 494 g/mol. The molecule has 0 heterocycles. The first-order valence-corrected chi connectivity index (χ1v) is 10.6. The Morgan fingerprint density at radius 3 is 2.26 bits per heavy atom. The Morgan fingerprint density at radius 2 is 1.74 bits per heavy atom. The highest BCUT2D eigenvalue weighted by Crippen LogP contribution is 2.43. The number of carbonyl (C=O) groups excluding carboxylic acids is 1. The molecule has 1 atom stereocenters. The number of carbonyl (C=O) groups is 1. The molecule has 1 fully saturated rings. The molecule has 3 rings (SSSR count). The number of aliphatic hydroxyl groups is 1. The number of anilines is 1. The highest BCUT2D eigenvalue weighted by molar-refractivity contribution is 6.48. The fourth-order valence-corrected chi connectivity index (χ4v) is 3.66. The topological polar surface area (TPSA) is 61.4 Å². The van der Waals surface area contributed by atoms with Gasteiger partial charge in [-0.2, -0.15) is 13.2 Å². The number of alkyl halides is 3. The summed E-state index contributed by atoms with van der Waals surface area (Å²) in [7, 11) is 0. The summed E-state index contributed by atoms with van der Waals surface area (Å²) in [5.74, 6) is 0.105. The normalized spacial score (nSPS) is 16.0. The average Bonchev–Trinajstić information content (AvgIpc) is 3.53. The molecule has 2 aromatic carbocycles. The van der Waals surface area contributed by atoms with Gasteiger partial charge in [-0.15, -0.1) is 0 Å². The molecule has 1 aliphatic carbocycles. The van der Waals surface area contributed by atoms with Crippen LogP contribution in [0.1, 0.15) is 29.5 Å². The summed E-state index contributed by atoms with van der Waals surface area (Å²) in [5, 5.41) is 15.5. The minimum Gasteiger partial charge on any atom is -0.381 e. The van der Waals surface area contributed by atoms with Crippen molar-refractivity contribution in [3.8, 4) is 0 Å². The summed E-state index contributed by atoms with van der Waals surface area (Å²) < 4.78 is 41.4. The molecule has 0 spiro atoms. The van der Waals surface area contributed by atoms with Gasteiger partial charge in [-0.05, 0) is 60.7 Å². The lowest BCUT2D eigenvalue weighted by Gasteiger charge is -2.32. The molecule has 1 aliphatic rings. The number of hydrogen-bond acceptors (Lipinski definition) is 3. The standard InChI is InChI=1S/C21H20Cl3F3N2O2/c1-11-6-15(5-4-13(11)9-28-19(30)12-2-3-12)29-10-20(31,21(25,26)27)14-7-16(22)18(24)17(23)8-14/h4-8,12,29,31H,2-3,9-10H2,1H3,(H,28,30)/t20-/m0/s1. The van der Waals surface area contributed by atoms with Crippen LogP contribution in [-0.4, -0.2) is 23.7 Å². The lowest BCUT2D eigenvalue weighted by Crippen LogP contribution is -2.47. The molecule has 0 aromatic heterocycles. The molecule has 3 N–H and O–H groups in total. The van der Waals surface area contributed by atoms with Crippen LogP contribution in [0, 0.1) is 12.8 Å². The largest absolute Gasteiger partial charge is 0.423 e. The second-order valence-electron chi connectivity index (χ2n) is 7.60. The van der Waals surface area contributed by atoms with Gasteiger partial charge in [0.2, 0.25) is 11.5 Å². The van der Waals surface area contributed by atoms with Crippen molar-refractivity contribution in [3.63, 3.8) is 0 Å². The average molecular weight is 496 g/mol. The summed E-state index contributed by atoms with van der Waals surface area (Å²) >= 11 is 17.5. The van der Waals surface area contributed by atoms with E-state index < -0.39 is 23.9 Å². The molecule has 0 saturated heterocycles. The van der Waals surface area contributed by atoms with Crippen molar-refractivity contribution in [2.24, 2.45) is 5.92 Å². The molecule has 0 unspecified atom stereocenters. The Labute approximate surface area is 192 Å². The second kappa shape index (κ2) is 9.06. The summed E-state index contributed by atoms with van der Waals surface area (Å²) in [6.07, 6.45) is -3.21. The first kappa shape index (κ1) is 24.0. The van der Waals surface area contributed by atoms with E-state index in [1.807, 2.05) is 0 Å². The quantitative estimate of drug-likeness (QED) is 0.423. The van der Waals surface area contributed by atoms with Crippen molar-refractivity contribution < 1.29 is 23.1 Å². The van der Waals surface area contributed by atoms with Crippen LogP contribution in [0.3, 0.4) is 0 Å². The minimum atomic E-state index is -5.01. The molecule has 2 aromatic rings. The molecule has 4 nitrogen and oxygen atoms in total. The van der Waals surface area contributed by atoms with E-state index in [1.54, 1.807) is 25.1 Å². The Bertz CT molecular complexity index is 973. The lowest BCUT2D eigenvalue weighted by atomic mass is 9.92. The maximum absolute atomic E-state index is 13.8. The third kappa shape index (κ3) is 5.40. The summed E-state index contributed by atoms with van der Waals surface area (Å²) in [5.41, 5.74) is -1.77. The predicted octanol–water partition coefficient (Wildman–Crippen LogP) is 5.84. The summed E-state index contributed by atoms with van der Waals surface area (Å²) in [6.45, 7) is 1.26. The number of amides is 1. The molecule has 1 saturated carbocycles. The molecule has 1 amide bonds. The maximum atomic E-state index is 13.8. The summed E-state index contributed by atoms with van der Waals surface area (Å²) in [6, 6.07) is 6.85. The zero-order valence-corrected chi connectivity index (χ0v) is 18.7. The maximum Gasteiger partial charge on any atom is 0.423 e. The fraction of sp³-hybridized carbons (Fsp3) is 0.381. The van der Waals surface area contributed by atoms with Crippen LogP contribution in [0.4, 0.5) is 18.9 Å². The van der Waals surface area contributed by atoms with E-state index >= 15 is 0 Å². The van der Waals surface area contributed by atoms with Crippen molar-refractivity contribution >= 4 is 46.4 Å². The van der Waals surface area contributed by atoms with Crippen LogP contribution in [0.25, 0.3) is 0 Å². The Morgan fingerprint density at radius 1 is 1.13 bits per heavy atom. The first-order valence-electron chi connectivity index (χ1n) is 9.47. The van der Waals surface area contributed by atoms with E-state index in [2.05, 4.69) is 10.6 Å². The van der Waals surface area contributed by atoms with Crippen LogP contribution in [-0.2, 0) is 16.9 Å². The van der Waals surface area contributed by atoms with Crippen molar-refractivity contribution in [3.05, 3.63) is 62.1 Å². The molecule has 0 aliphatic heterocycles. The van der Waals surface area contributed by atoms with E-state index in [0.29, 0.717) is 12.2 Å². The number of nitrogens with one attached hydrogen (secondary N) is 2. The number of hydrogen-bond donors (Lipinski definition) is 3. The predicted molar refractivity (Wildman–Crippen MR) is 116 cm³/mol. The lowest BCUT2D eigenvalue weighted by molar-refractivity contribution is -0.260. The van der Waals surface area contributed by atoms with Crippen molar-refractivity contribution in [2.45, 2.75) is 38.1 Å². The van der Waals surface area contributed by atoms with Gasteiger partial charge in [0.1, 0.15) is 0 Å². The highest BCUT2D eigenvalue weighted by Gasteiger charge is 2.55. The SMILES string of the molecule is Cc1cc(NC[C@](O)(c2cc(Cl)c(Cl)c(Cl)c2)C(F)(F)F)ccc1CNC(=O)C1CC1. The molecule has 0 radical (unpaired) electrons. The van der Waals surface area contributed by atoms with Gasteiger partial charge in [-0.25, -0.2) is 0 Å². The van der Waals surface area contributed by atoms with Crippen molar-refractivity contribution in [1.29, 1.82) is 0 Å². The first-order chi connectivity index (χ1) is 14.4. The Hall–Kier alpha value is -1.67. The molecule has 168 valence electrons. The van der Waals surface area contributed by atoms with Gasteiger partial charge in [-0.1, -0.05) is 40.9 Å². The van der Waals surface area contributed by atoms with Gasteiger partial charge in [0.05, 0.1) is 21.6 Å². The van der Waals surface area contributed by atoms with Crippen LogP contribution in [0.5, 0.6) is 0 Å². The van der Waals surface area contributed by atoms with Gasteiger partial charge < -0.3 is 15.7 Å². The second-order valence-corrected chi connectivity index (χ2v) is 8.79. The smallest absolute Gasteiger partial charge is 0.381 e. The zero-order valence-electron chi connectivity index (χ0n) is 16.4. The molecule has 0 bridgehead atoms. The molecule has 10 heteroatoms. The number of aryl methyl sites for hydroxylation is 1. The minimum absolute atomic E-state index is 0.0112.